The first-order chi connectivity index (χ1) is 6.02. The molecule has 1 aromatic heterocycles. The van der Waals surface area contributed by atoms with Crippen molar-refractivity contribution in [2.24, 2.45) is 7.05 Å². The lowest BCUT2D eigenvalue weighted by Crippen LogP contribution is -2.23. The summed E-state index contributed by atoms with van der Waals surface area (Å²) in [6.07, 6.45) is -0.0660. The van der Waals surface area contributed by atoms with Crippen LogP contribution in [0.3, 0.4) is 0 Å². The number of carboxylic acids is 1. The molecule has 5 nitrogen and oxygen atoms in total. The molecule has 1 aromatic rings. The molecule has 72 valence electrons. The SMILES string of the molecule is Cn1ncc(Cl)c1CC(O)C(=O)O. The Morgan fingerprint density at radius 1 is 1.85 bits per heavy atom. The molecule has 1 rings (SSSR count). The van der Waals surface area contributed by atoms with E-state index in [1.165, 1.54) is 10.9 Å². The van der Waals surface area contributed by atoms with Crippen molar-refractivity contribution in [1.29, 1.82) is 0 Å². The Morgan fingerprint density at radius 3 is 2.85 bits per heavy atom. The van der Waals surface area contributed by atoms with E-state index in [-0.39, 0.29) is 6.42 Å². The number of aliphatic hydroxyl groups excluding tert-OH is 1. The summed E-state index contributed by atoms with van der Waals surface area (Å²) in [6, 6.07) is 0. The summed E-state index contributed by atoms with van der Waals surface area (Å²) < 4.78 is 1.44. The van der Waals surface area contributed by atoms with Crippen LogP contribution in [-0.4, -0.2) is 32.1 Å². The number of hydrogen-bond acceptors (Lipinski definition) is 3. The second kappa shape index (κ2) is 3.76. The quantitative estimate of drug-likeness (QED) is 0.730. The van der Waals surface area contributed by atoms with E-state index in [2.05, 4.69) is 5.10 Å². The number of hydrogen-bond donors (Lipinski definition) is 2. The third kappa shape index (κ3) is 2.19. The summed E-state index contributed by atoms with van der Waals surface area (Å²) in [5, 5.41) is 21.7. The second-order valence-corrected chi connectivity index (χ2v) is 3.03. The monoisotopic (exact) mass is 204 g/mol. The summed E-state index contributed by atoms with van der Waals surface area (Å²) >= 11 is 5.71. The molecule has 2 N–H and O–H groups in total. The standard InChI is InChI=1S/C7H9ClN2O3/c1-10-5(4(8)3-9-10)2-6(11)7(12)13/h3,6,11H,2H2,1H3,(H,12,13). The molecule has 0 aromatic carbocycles. The van der Waals surface area contributed by atoms with Crippen LogP contribution in [0.5, 0.6) is 0 Å². The summed E-state index contributed by atoms with van der Waals surface area (Å²) in [5.41, 5.74) is 0.511. The molecule has 0 radical (unpaired) electrons. The minimum Gasteiger partial charge on any atom is -0.479 e. The Labute approximate surface area is 79.6 Å². The number of aryl methyl sites for hydroxylation is 1. The molecular weight excluding hydrogens is 196 g/mol. The molecule has 0 aliphatic rings. The van der Waals surface area contributed by atoms with E-state index >= 15 is 0 Å². The van der Waals surface area contributed by atoms with Crippen molar-refractivity contribution in [1.82, 2.24) is 9.78 Å². The Morgan fingerprint density at radius 2 is 2.46 bits per heavy atom. The molecule has 0 saturated carbocycles. The fraction of sp³-hybridized carbons (Fsp3) is 0.429. The molecule has 0 spiro atoms. The van der Waals surface area contributed by atoms with Gasteiger partial charge in [-0.05, 0) is 0 Å². The number of rotatable bonds is 3. The number of halogens is 1. The van der Waals surface area contributed by atoms with E-state index in [0.29, 0.717) is 10.7 Å². The van der Waals surface area contributed by atoms with E-state index < -0.39 is 12.1 Å². The van der Waals surface area contributed by atoms with Crippen molar-refractivity contribution in [3.63, 3.8) is 0 Å². The van der Waals surface area contributed by atoms with Gasteiger partial charge in [0, 0.05) is 13.5 Å². The average Bonchev–Trinajstić information content (AvgIpc) is 2.35. The van der Waals surface area contributed by atoms with Crippen LogP contribution in [0.4, 0.5) is 0 Å². The number of carbonyl (C=O) groups is 1. The van der Waals surface area contributed by atoms with Gasteiger partial charge in [0.1, 0.15) is 0 Å². The third-order valence-electron chi connectivity index (χ3n) is 1.68. The molecule has 0 amide bonds. The zero-order valence-electron chi connectivity index (χ0n) is 6.94. The zero-order chi connectivity index (χ0) is 10.0. The van der Waals surface area contributed by atoms with Crippen molar-refractivity contribution in [2.75, 3.05) is 0 Å². The highest BCUT2D eigenvalue weighted by Crippen LogP contribution is 2.15. The van der Waals surface area contributed by atoms with Crippen LogP contribution >= 0.6 is 11.6 Å². The maximum Gasteiger partial charge on any atom is 0.332 e. The Balaban J connectivity index is 2.79. The lowest BCUT2D eigenvalue weighted by Gasteiger charge is -2.05. The van der Waals surface area contributed by atoms with Gasteiger partial charge >= 0.3 is 5.97 Å². The van der Waals surface area contributed by atoms with Gasteiger partial charge in [-0.15, -0.1) is 0 Å². The molecule has 0 fully saturated rings. The minimum absolute atomic E-state index is 0.0370. The molecule has 1 unspecified atom stereocenters. The van der Waals surface area contributed by atoms with Crippen LogP contribution in [0.25, 0.3) is 0 Å². The predicted molar refractivity (Wildman–Crippen MR) is 45.6 cm³/mol. The van der Waals surface area contributed by atoms with Crippen LogP contribution in [0.15, 0.2) is 6.20 Å². The van der Waals surface area contributed by atoms with Crippen molar-refractivity contribution >= 4 is 17.6 Å². The largest absolute Gasteiger partial charge is 0.479 e. The number of aliphatic hydroxyl groups is 1. The van der Waals surface area contributed by atoms with Crippen LogP contribution in [0.1, 0.15) is 5.69 Å². The summed E-state index contributed by atoms with van der Waals surface area (Å²) in [5.74, 6) is -1.27. The smallest absolute Gasteiger partial charge is 0.332 e. The van der Waals surface area contributed by atoms with Crippen molar-refractivity contribution in [3.05, 3.63) is 16.9 Å². The van der Waals surface area contributed by atoms with Crippen molar-refractivity contribution < 1.29 is 15.0 Å². The lowest BCUT2D eigenvalue weighted by atomic mass is 10.2. The molecule has 0 aliphatic heterocycles. The molecule has 0 saturated heterocycles. The topological polar surface area (TPSA) is 75.3 Å². The first-order valence-corrected chi connectivity index (χ1v) is 3.97. The van der Waals surface area contributed by atoms with Crippen molar-refractivity contribution in [2.45, 2.75) is 12.5 Å². The highest BCUT2D eigenvalue weighted by Gasteiger charge is 2.17. The Bertz CT molecular complexity index is 304. The second-order valence-electron chi connectivity index (χ2n) is 2.62. The first kappa shape index (κ1) is 10.0. The highest BCUT2D eigenvalue weighted by molar-refractivity contribution is 6.31. The van der Waals surface area contributed by atoms with Gasteiger partial charge in [-0.2, -0.15) is 5.10 Å². The highest BCUT2D eigenvalue weighted by atomic mass is 35.5. The van der Waals surface area contributed by atoms with E-state index in [1.807, 2.05) is 0 Å². The average molecular weight is 205 g/mol. The van der Waals surface area contributed by atoms with Gasteiger partial charge in [-0.1, -0.05) is 11.6 Å². The van der Waals surface area contributed by atoms with Gasteiger partial charge in [0.05, 0.1) is 16.9 Å². The minimum atomic E-state index is -1.44. The van der Waals surface area contributed by atoms with E-state index in [9.17, 15) is 4.79 Å². The number of aromatic nitrogens is 2. The lowest BCUT2D eigenvalue weighted by molar-refractivity contribution is -0.146. The van der Waals surface area contributed by atoms with Crippen LogP contribution < -0.4 is 0 Å². The van der Waals surface area contributed by atoms with E-state index in [4.69, 9.17) is 21.8 Å². The Kier molecular flexibility index (Phi) is 2.90. The predicted octanol–water partition coefficient (Wildman–Crippen LogP) is 0.0615. The Hall–Kier alpha value is -1.07. The van der Waals surface area contributed by atoms with Gasteiger partial charge in [-0.25, -0.2) is 4.79 Å². The molecule has 0 bridgehead atoms. The maximum absolute atomic E-state index is 10.3. The van der Waals surface area contributed by atoms with Crippen molar-refractivity contribution in [3.8, 4) is 0 Å². The fourth-order valence-electron chi connectivity index (χ4n) is 0.936. The van der Waals surface area contributed by atoms with Gasteiger partial charge in [0.2, 0.25) is 0 Å². The van der Waals surface area contributed by atoms with E-state index in [1.54, 1.807) is 7.05 Å². The summed E-state index contributed by atoms with van der Waals surface area (Å²) in [6.45, 7) is 0. The summed E-state index contributed by atoms with van der Waals surface area (Å²) in [4.78, 5) is 10.3. The normalized spacial score (nSPS) is 12.8. The first-order valence-electron chi connectivity index (χ1n) is 3.59. The van der Waals surface area contributed by atoms with E-state index in [0.717, 1.165) is 0 Å². The molecule has 0 aliphatic carbocycles. The van der Waals surface area contributed by atoms with Gasteiger partial charge in [0.15, 0.2) is 6.10 Å². The number of nitrogens with zero attached hydrogens (tertiary/aromatic N) is 2. The van der Waals surface area contributed by atoms with Crippen LogP contribution in [0, 0.1) is 0 Å². The molecule has 13 heavy (non-hydrogen) atoms. The van der Waals surface area contributed by atoms with Crippen LogP contribution in [0.2, 0.25) is 5.02 Å². The summed E-state index contributed by atoms with van der Waals surface area (Å²) in [7, 11) is 1.63. The third-order valence-corrected chi connectivity index (χ3v) is 2.00. The molecule has 1 atom stereocenters. The molecule has 6 heteroatoms. The number of aliphatic carboxylic acids is 1. The zero-order valence-corrected chi connectivity index (χ0v) is 7.69. The maximum atomic E-state index is 10.3. The number of carboxylic acid groups (broad SMARTS) is 1. The molecular formula is C7H9ClN2O3. The molecule has 1 heterocycles. The van der Waals surface area contributed by atoms with Gasteiger partial charge in [-0.3, -0.25) is 4.68 Å². The fourth-order valence-corrected chi connectivity index (χ4v) is 1.18. The van der Waals surface area contributed by atoms with Gasteiger partial charge < -0.3 is 10.2 Å². The van der Waals surface area contributed by atoms with Gasteiger partial charge in [0.25, 0.3) is 0 Å². The van der Waals surface area contributed by atoms with Crippen LogP contribution in [-0.2, 0) is 18.3 Å².